The fraction of sp³-hybridized carbons (Fsp3) is 0.385. The van der Waals surface area contributed by atoms with Gasteiger partial charge in [-0.3, -0.25) is 24.0 Å². The zero-order valence-electron chi connectivity index (χ0n) is 21.9. The zero-order chi connectivity index (χ0) is 29.1. The van der Waals surface area contributed by atoms with Crippen LogP contribution in [0.2, 0.25) is 0 Å². The second-order valence-corrected chi connectivity index (χ2v) is 8.99. The van der Waals surface area contributed by atoms with Gasteiger partial charge in [0.25, 0.3) is 11.2 Å². The molecule has 212 valence electrons. The van der Waals surface area contributed by atoms with Crippen LogP contribution >= 0.6 is 0 Å². The van der Waals surface area contributed by atoms with Crippen LogP contribution in [0.5, 0.6) is 5.75 Å². The predicted molar refractivity (Wildman–Crippen MR) is 133 cm³/mol. The van der Waals surface area contributed by atoms with Gasteiger partial charge in [0.15, 0.2) is 17.6 Å². The van der Waals surface area contributed by atoms with Gasteiger partial charge in [0.05, 0.1) is 0 Å². The topological polar surface area (TPSA) is 184 Å². The number of carbonyl (C=O) groups excluding carboxylic acids is 4. The van der Waals surface area contributed by atoms with Crippen molar-refractivity contribution >= 4 is 34.9 Å². The molecule has 14 heteroatoms. The smallest absolute Gasteiger partial charge is 0.303 e. The largest absolute Gasteiger partial charge is 0.618 e. The van der Waals surface area contributed by atoms with E-state index in [9.17, 15) is 29.2 Å². The number of ether oxygens (including phenoxy) is 5. The van der Waals surface area contributed by atoms with Crippen LogP contribution < -0.4 is 20.2 Å². The molecule has 1 aromatic carbocycles. The second-order valence-electron chi connectivity index (χ2n) is 8.99. The van der Waals surface area contributed by atoms with Crippen LogP contribution in [0.1, 0.15) is 27.7 Å². The van der Waals surface area contributed by atoms with Crippen LogP contribution in [0.25, 0.3) is 22.6 Å². The summed E-state index contributed by atoms with van der Waals surface area (Å²) < 4.78 is 34.2. The zero-order valence-corrected chi connectivity index (χ0v) is 21.9. The SMILES string of the molecule is CC(=O)N[C@H]1[C@@H](Oc2ccc3c(c2)oc2cc(=O)ccc-2[n+]3[O-])O[C@H](COC(C)=O)[C@@H](OC(C)=O)[C@@H]1OC(C)=O. The minimum absolute atomic E-state index is 0.0535. The molecule has 1 N–H and O–H groups in total. The Labute approximate surface area is 226 Å². The number of nitrogens with one attached hydrogen (secondary N) is 1. The molecule has 0 aromatic heterocycles. The molecule has 0 radical (unpaired) electrons. The van der Waals surface area contributed by atoms with Crippen LogP contribution in [0, 0.1) is 5.21 Å². The van der Waals surface area contributed by atoms with Gasteiger partial charge in [-0.05, 0) is 12.1 Å². The van der Waals surface area contributed by atoms with Crippen LogP contribution in [-0.4, -0.2) is 61.1 Å². The summed E-state index contributed by atoms with van der Waals surface area (Å²) in [6, 6.07) is 6.80. The summed E-state index contributed by atoms with van der Waals surface area (Å²) in [5.41, 5.74) is 0.00998. The molecule has 1 fully saturated rings. The lowest BCUT2D eigenvalue weighted by molar-refractivity contribution is -0.566. The van der Waals surface area contributed by atoms with Gasteiger partial charge in [-0.25, -0.2) is 0 Å². The van der Waals surface area contributed by atoms with Crippen molar-refractivity contribution in [2.24, 2.45) is 0 Å². The number of carbonyl (C=O) groups is 4. The van der Waals surface area contributed by atoms with E-state index in [1.807, 2.05) is 0 Å². The molecule has 1 saturated heterocycles. The molecule has 4 rings (SSSR count). The lowest BCUT2D eigenvalue weighted by atomic mass is 9.96. The third-order valence-corrected chi connectivity index (χ3v) is 5.84. The third kappa shape index (κ3) is 6.29. The second kappa shape index (κ2) is 11.6. The first-order valence-corrected chi connectivity index (χ1v) is 12.1. The molecule has 1 aromatic rings. The van der Waals surface area contributed by atoms with E-state index in [1.54, 1.807) is 0 Å². The van der Waals surface area contributed by atoms with Crippen molar-refractivity contribution in [2.75, 3.05) is 6.61 Å². The number of esters is 3. The molecular weight excluding hydrogens is 532 g/mol. The average Bonchev–Trinajstić information content (AvgIpc) is 2.85. The fourth-order valence-electron chi connectivity index (χ4n) is 4.33. The minimum Gasteiger partial charge on any atom is -0.618 e. The predicted octanol–water partition coefficient (Wildman–Crippen LogP) is 0.566. The Morgan fingerprint density at radius 2 is 1.65 bits per heavy atom. The highest BCUT2D eigenvalue weighted by atomic mass is 16.7. The number of aromatic nitrogens is 1. The van der Waals surface area contributed by atoms with Crippen molar-refractivity contribution in [1.82, 2.24) is 5.32 Å². The maximum Gasteiger partial charge on any atom is 0.303 e. The Morgan fingerprint density at radius 3 is 2.30 bits per heavy atom. The van der Waals surface area contributed by atoms with Gasteiger partial charge < -0.3 is 38.6 Å². The number of benzene rings is 2. The van der Waals surface area contributed by atoms with Crippen molar-refractivity contribution in [2.45, 2.75) is 58.3 Å². The van der Waals surface area contributed by atoms with Gasteiger partial charge in [-0.15, -0.1) is 0 Å². The number of nitrogens with zero attached hydrogens (tertiary/aromatic N) is 1. The molecule has 5 atom stereocenters. The number of hydrogen-bond acceptors (Lipinski definition) is 12. The molecule has 0 bridgehead atoms. The summed E-state index contributed by atoms with van der Waals surface area (Å²) in [5.74, 6) is -2.52. The lowest BCUT2D eigenvalue weighted by Gasteiger charge is -2.44. The van der Waals surface area contributed by atoms with Crippen LogP contribution in [-0.2, 0) is 38.1 Å². The summed E-state index contributed by atoms with van der Waals surface area (Å²) in [4.78, 5) is 59.3. The van der Waals surface area contributed by atoms with Crippen LogP contribution in [0.3, 0.4) is 0 Å². The fourth-order valence-corrected chi connectivity index (χ4v) is 4.33. The van der Waals surface area contributed by atoms with Gasteiger partial charge in [0.2, 0.25) is 23.5 Å². The molecular formula is C26H26N2O12. The van der Waals surface area contributed by atoms with Gasteiger partial charge in [-0.2, -0.15) is 4.73 Å². The molecule has 1 amide bonds. The summed E-state index contributed by atoms with van der Waals surface area (Å²) in [6.45, 7) is 4.24. The van der Waals surface area contributed by atoms with Gasteiger partial charge in [-0.1, -0.05) is 0 Å². The number of fused-ring (bicyclic) bond motifs is 2. The molecule has 40 heavy (non-hydrogen) atoms. The normalized spacial score (nSPS) is 22.4. The summed E-state index contributed by atoms with van der Waals surface area (Å²) in [5, 5.41) is 15.4. The Hall–Kier alpha value is -4.72. The molecule has 0 unspecified atom stereocenters. The Balaban J connectivity index is 1.75. The summed E-state index contributed by atoms with van der Waals surface area (Å²) in [6.07, 6.45) is -5.12. The monoisotopic (exact) mass is 558 g/mol. The maximum atomic E-state index is 12.8. The van der Waals surface area contributed by atoms with E-state index in [0.29, 0.717) is 4.73 Å². The van der Waals surface area contributed by atoms with Crippen LogP contribution in [0.15, 0.2) is 45.6 Å². The number of rotatable bonds is 7. The first kappa shape index (κ1) is 28.3. The molecule has 3 aliphatic rings. The number of hydrogen-bond donors (Lipinski definition) is 1. The van der Waals surface area contributed by atoms with Crippen molar-refractivity contribution in [3.05, 3.63) is 51.8 Å². The Kier molecular flexibility index (Phi) is 8.18. The quantitative estimate of drug-likeness (QED) is 0.140. The van der Waals surface area contributed by atoms with E-state index < -0.39 is 61.1 Å². The van der Waals surface area contributed by atoms with E-state index in [0.717, 1.165) is 13.8 Å². The molecule has 0 saturated carbocycles. The molecule has 14 nitrogen and oxygen atoms in total. The lowest BCUT2D eigenvalue weighted by Crippen LogP contribution is -2.67. The van der Waals surface area contributed by atoms with Gasteiger partial charge in [0, 0.05) is 52.0 Å². The van der Waals surface area contributed by atoms with Gasteiger partial charge in [0.1, 0.15) is 24.5 Å². The molecule has 1 aliphatic carbocycles. The van der Waals surface area contributed by atoms with Crippen LogP contribution in [0.4, 0.5) is 0 Å². The highest BCUT2D eigenvalue weighted by Crippen LogP contribution is 2.31. The van der Waals surface area contributed by atoms with Crippen molar-refractivity contribution in [3.8, 4) is 17.2 Å². The van der Waals surface area contributed by atoms with Crippen molar-refractivity contribution < 1.29 is 52.0 Å². The van der Waals surface area contributed by atoms with Crippen molar-refractivity contribution in [1.29, 1.82) is 0 Å². The Bertz CT molecular complexity index is 1480. The first-order valence-electron chi connectivity index (χ1n) is 12.1. The molecule has 2 heterocycles. The van der Waals surface area contributed by atoms with Crippen molar-refractivity contribution in [3.63, 3.8) is 0 Å². The van der Waals surface area contributed by atoms with E-state index >= 15 is 0 Å². The van der Waals surface area contributed by atoms with E-state index in [1.165, 1.54) is 50.2 Å². The third-order valence-electron chi connectivity index (χ3n) is 5.84. The minimum atomic E-state index is -1.37. The highest BCUT2D eigenvalue weighted by Gasteiger charge is 2.52. The van der Waals surface area contributed by atoms with E-state index in [4.69, 9.17) is 28.1 Å². The average molecular weight is 558 g/mol. The standard InChI is InChI=1S/C26H26N2O12/c1-12(29)27-23-25(37-15(4)32)24(36-14(3)31)22(11-35-13(2)30)40-26(23)38-17-6-8-19-21(10-17)39-20-9-16(33)5-7-18(20)28(19)34/h5-10,22-26H,11H2,1-4H3,(H,27,29)/t22-,23-,24-,25-,26+/m1/s1. The number of amides is 1. The summed E-state index contributed by atoms with van der Waals surface area (Å²) >= 11 is 0. The first-order chi connectivity index (χ1) is 18.9. The Morgan fingerprint density at radius 1 is 0.950 bits per heavy atom. The molecule has 2 aliphatic heterocycles. The maximum absolute atomic E-state index is 12.8. The van der Waals surface area contributed by atoms with E-state index in [-0.39, 0.29) is 33.7 Å². The summed E-state index contributed by atoms with van der Waals surface area (Å²) in [7, 11) is 0. The molecule has 0 spiro atoms. The van der Waals surface area contributed by atoms with E-state index in [2.05, 4.69) is 5.32 Å². The highest BCUT2D eigenvalue weighted by molar-refractivity contribution is 5.74. The van der Waals surface area contributed by atoms with Gasteiger partial charge >= 0.3 is 17.9 Å².